The molecular weight excluding hydrogens is 352 g/mol. The fraction of sp³-hybridized carbons (Fsp3) is 0.158. The van der Waals surface area contributed by atoms with Crippen molar-refractivity contribution in [1.29, 1.82) is 0 Å². The van der Waals surface area contributed by atoms with Crippen LogP contribution in [0.25, 0.3) is 0 Å². The van der Waals surface area contributed by atoms with Crippen molar-refractivity contribution < 1.29 is 0 Å². The summed E-state index contributed by atoms with van der Waals surface area (Å²) in [6.45, 7) is 1.45. The van der Waals surface area contributed by atoms with E-state index < -0.39 is 0 Å². The monoisotopic (exact) mass is 370 g/mol. The molecular formula is C19H19ClN4S. The molecule has 0 saturated carbocycles. The van der Waals surface area contributed by atoms with Gasteiger partial charge >= 0.3 is 0 Å². The first-order valence-electron chi connectivity index (χ1n) is 8.05. The van der Waals surface area contributed by atoms with Gasteiger partial charge < -0.3 is 10.6 Å². The summed E-state index contributed by atoms with van der Waals surface area (Å²) >= 11 is 11.3. The Morgan fingerprint density at radius 3 is 2.68 bits per heavy atom. The van der Waals surface area contributed by atoms with E-state index in [1.807, 2.05) is 53.3 Å². The fourth-order valence-electron chi connectivity index (χ4n) is 2.48. The van der Waals surface area contributed by atoms with Crippen molar-refractivity contribution in [2.24, 2.45) is 0 Å². The standard InChI is InChI=1S/C19H19ClN4S/c20-17-8-4-7-16(11-17)13-24-14-18(12-22-24)23-19(25)21-10-9-15-5-2-1-3-6-15/h1-8,11-12,14H,9-10,13H2,(H2,21,23,25). The molecule has 2 aromatic carbocycles. The number of benzene rings is 2. The summed E-state index contributed by atoms with van der Waals surface area (Å²) in [7, 11) is 0. The highest BCUT2D eigenvalue weighted by molar-refractivity contribution is 7.80. The second-order valence-corrected chi connectivity index (χ2v) is 6.52. The maximum Gasteiger partial charge on any atom is 0.170 e. The molecule has 0 aliphatic rings. The third kappa shape index (κ3) is 5.59. The fourth-order valence-corrected chi connectivity index (χ4v) is 2.91. The highest BCUT2D eigenvalue weighted by atomic mass is 35.5. The van der Waals surface area contributed by atoms with Crippen LogP contribution in [0.4, 0.5) is 5.69 Å². The van der Waals surface area contributed by atoms with Crippen molar-refractivity contribution >= 4 is 34.6 Å². The van der Waals surface area contributed by atoms with Gasteiger partial charge in [0.05, 0.1) is 18.4 Å². The molecule has 3 rings (SSSR count). The molecule has 6 heteroatoms. The molecule has 1 heterocycles. The molecule has 0 saturated heterocycles. The smallest absolute Gasteiger partial charge is 0.170 e. The number of halogens is 1. The predicted octanol–water partition coefficient (Wildman–Crippen LogP) is 4.11. The molecule has 128 valence electrons. The Morgan fingerprint density at radius 2 is 1.88 bits per heavy atom. The van der Waals surface area contributed by atoms with Gasteiger partial charge in [0.2, 0.25) is 0 Å². The molecule has 0 aliphatic heterocycles. The van der Waals surface area contributed by atoms with Gasteiger partial charge in [-0.1, -0.05) is 54.1 Å². The summed E-state index contributed by atoms with van der Waals surface area (Å²) in [6, 6.07) is 18.1. The molecule has 0 radical (unpaired) electrons. The number of rotatable bonds is 6. The van der Waals surface area contributed by atoms with Crippen molar-refractivity contribution in [3.8, 4) is 0 Å². The molecule has 0 spiro atoms. The van der Waals surface area contributed by atoms with Gasteiger partial charge in [-0.3, -0.25) is 4.68 Å². The third-order valence-electron chi connectivity index (χ3n) is 3.67. The number of aromatic nitrogens is 2. The van der Waals surface area contributed by atoms with Crippen molar-refractivity contribution in [2.75, 3.05) is 11.9 Å². The Balaban J connectivity index is 1.46. The van der Waals surface area contributed by atoms with Crippen LogP contribution >= 0.6 is 23.8 Å². The van der Waals surface area contributed by atoms with Crippen LogP contribution in [0, 0.1) is 0 Å². The minimum atomic E-state index is 0.596. The van der Waals surface area contributed by atoms with Crippen LogP contribution in [-0.2, 0) is 13.0 Å². The summed E-state index contributed by atoms with van der Waals surface area (Å²) in [6.07, 6.45) is 4.61. The Labute approximate surface area is 157 Å². The highest BCUT2D eigenvalue weighted by Gasteiger charge is 2.03. The maximum absolute atomic E-state index is 6.01. The average Bonchev–Trinajstić information content (AvgIpc) is 3.02. The summed E-state index contributed by atoms with van der Waals surface area (Å²) in [5, 5.41) is 12.0. The van der Waals surface area contributed by atoms with Crippen molar-refractivity contribution in [1.82, 2.24) is 15.1 Å². The lowest BCUT2D eigenvalue weighted by atomic mass is 10.1. The van der Waals surface area contributed by atoms with E-state index in [1.165, 1.54) is 5.56 Å². The number of hydrogen-bond donors (Lipinski definition) is 2. The number of nitrogens with one attached hydrogen (secondary N) is 2. The normalized spacial score (nSPS) is 10.4. The molecule has 3 aromatic rings. The van der Waals surface area contributed by atoms with Crippen LogP contribution in [0.2, 0.25) is 5.02 Å². The molecule has 4 nitrogen and oxygen atoms in total. The lowest BCUT2D eigenvalue weighted by Gasteiger charge is -2.08. The van der Waals surface area contributed by atoms with E-state index in [9.17, 15) is 0 Å². The minimum Gasteiger partial charge on any atom is -0.362 e. The molecule has 1 aromatic heterocycles. The quantitative estimate of drug-likeness (QED) is 0.641. The van der Waals surface area contributed by atoms with E-state index in [1.54, 1.807) is 6.20 Å². The Hall–Kier alpha value is -2.37. The molecule has 2 N–H and O–H groups in total. The first kappa shape index (κ1) is 17.5. The van der Waals surface area contributed by atoms with E-state index in [0.717, 1.165) is 29.2 Å². The minimum absolute atomic E-state index is 0.596. The van der Waals surface area contributed by atoms with Gasteiger partial charge in [-0.2, -0.15) is 5.10 Å². The van der Waals surface area contributed by atoms with Crippen LogP contribution in [0.1, 0.15) is 11.1 Å². The number of hydrogen-bond acceptors (Lipinski definition) is 2. The second kappa shape index (κ2) is 8.65. The molecule has 0 amide bonds. The summed E-state index contributed by atoms with van der Waals surface area (Å²) in [4.78, 5) is 0. The van der Waals surface area contributed by atoms with Gasteiger partial charge in [0.15, 0.2) is 5.11 Å². The zero-order chi connectivity index (χ0) is 17.5. The lowest BCUT2D eigenvalue weighted by molar-refractivity contribution is 0.687. The molecule has 25 heavy (non-hydrogen) atoms. The Morgan fingerprint density at radius 1 is 1.08 bits per heavy atom. The summed E-state index contributed by atoms with van der Waals surface area (Å²) in [5.41, 5.74) is 3.25. The van der Waals surface area contributed by atoms with Crippen molar-refractivity contribution in [2.45, 2.75) is 13.0 Å². The van der Waals surface area contributed by atoms with Crippen molar-refractivity contribution in [3.05, 3.63) is 83.1 Å². The van der Waals surface area contributed by atoms with Crippen LogP contribution in [0.3, 0.4) is 0 Å². The van der Waals surface area contributed by atoms with E-state index in [0.29, 0.717) is 11.7 Å². The first-order valence-corrected chi connectivity index (χ1v) is 8.83. The van der Waals surface area contributed by atoms with E-state index in [-0.39, 0.29) is 0 Å². The number of anilines is 1. The topological polar surface area (TPSA) is 41.9 Å². The molecule has 0 unspecified atom stereocenters. The summed E-state index contributed by atoms with van der Waals surface area (Å²) < 4.78 is 1.85. The lowest BCUT2D eigenvalue weighted by Crippen LogP contribution is -2.30. The van der Waals surface area contributed by atoms with Gasteiger partial charge in [-0.05, 0) is 41.9 Å². The highest BCUT2D eigenvalue weighted by Crippen LogP contribution is 2.13. The van der Waals surface area contributed by atoms with Crippen molar-refractivity contribution in [3.63, 3.8) is 0 Å². The van der Waals surface area contributed by atoms with Gasteiger partial charge in [-0.15, -0.1) is 0 Å². The van der Waals surface area contributed by atoms with Gasteiger partial charge in [0, 0.05) is 17.8 Å². The molecule has 0 atom stereocenters. The van der Waals surface area contributed by atoms with Crippen LogP contribution in [-0.4, -0.2) is 21.4 Å². The van der Waals surface area contributed by atoms with Gasteiger partial charge in [0.1, 0.15) is 0 Å². The maximum atomic E-state index is 6.01. The zero-order valence-electron chi connectivity index (χ0n) is 13.7. The molecule has 0 aliphatic carbocycles. The van der Waals surface area contributed by atoms with Crippen LogP contribution in [0.5, 0.6) is 0 Å². The number of thiocarbonyl (C=S) groups is 1. The van der Waals surface area contributed by atoms with E-state index in [4.69, 9.17) is 23.8 Å². The Bertz CT molecular complexity index is 832. The predicted molar refractivity (Wildman–Crippen MR) is 107 cm³/mol. The van der Waals surface area contributed by atoms with Crippen LogP contribution in [0.15, 0.2) is 67.0 Å². The van der Waals surface area contributed by atoms with Gasteiger partial charge in [0.25, 0.3) is 0 Å². The first-order chi connectivity index (χ1) is 12.2. The van der Waals surface area contributed by atoms with E-state index >= 15 is 0 Å². The zero-order valence-corrected chi connectivity index (χ0v) is 15.2. The Kier molecular flexibility index (Phi) is 6.04. The van der Waals surface area contributed by atoms with Crippen LogP contribution < -0.4 is 10.6 Å². The molecule has 0 bridgehead atoms. The second-order valence-electron chi connectivity index (χ2n) is 5.67. The van der Waals surface area contributed by atoms with E-state index in [2.05, 4.69) is 27.9 Å². The third-order valence-corrected chi connectivity index (χ3v) is 4.15. The SMILES string of the molecule is S=C(NCCc1ccccc1)Nc1cnn(Cc2cccc(Cl)c2)c1. The average molecular weight is 371 g/mol. The number of nitrogens with zero attached hydrogens (tertiary/aromatic N) is 2. The van der Waals surface area contributed by atoms with Gasteiger partial charge in [-0.25, -0.2) is 0 Å². The summed E-state index contributed by atoms with van der Waals surface area (Å²) in [5.74, 6) is 0. The molecule has 0 fully saturated rings. The largest absolute Gasteiger partial charge is 0.362 e.